The van der Waals surface area contributed by atoms with Crippen LogP contribution >= 0.6 is 27.5 Å². The molecule has 1 atom stereocenters. The molecule has 0 aliphatic carbocycles. The van der Waals surface area contributed by atoms with Gasteiger partial charge in [0.1, 0.15) is 5.82 Å². The van der Waals surface area contributed by atoms with Gasteiger partial charge < -0.3 is 11.1 Å². The van der Waals surface area contributed by atoms with Gasteiger partial charge in [0.2, 0.25) is 0 Å². The Morgan fingerprint density at radius 3 is 2.78 bits per heavy atom. The average molecular weight is 327 g/mol. The Morgan fingerprint density at radius 2 is 2.11 bits per heavy atom. The molecule has 0 bridgehead atoms. The maximum atomic E-state index is 6.15. The fourth-order valence-corrected chi connectivity index (χ4v) is 2.33. The van der Waals surface area contributed by atoms with Gasteiger partial charge in [-0.1, -0.05) is 29.8 Å². The van der Waals surface area contributed by atoms with Gasteiger partial charge in [-0.2, -0.15) is 0 Å². The molecular formula is C13H13BrClN3. The van der Waals surface area contributed by atoms with Gasteiger partial charge in [-0.05, 0) is 40.5 Å². The summed E-state index contributed by atoms with van der Waals surface area (Å²) in [6, 6.07) is 9.56. The molecule has 3 N–H and O–H groups in total. The molecular weight excluding hydrogens is 314 g/mol. The van der Waals surface area contributed by atoms with E-state index >= 15 is 0 Å². The van der Waals surface area contributed by atoms with E-state index in [1.807, 2.05) is 37.3 Å². The van der Waals surface area contributed by atoms with E-state index < -0.39 is 0 Å². The second-order valence-corrected chi connectivity index (χ2v) is 5.30. The number of aromatic nitrogens is 1. The van der Waals surface area contributed by atoms with Gasteiger partial charge in [-0.3, -0.25) is 0 Å². The third-order valence-corrected chi connectivity index (χ3v) is 3.39. The van der Waals surface area contributed by atoms with Crippen molar-refractivity contribution < 1.29 is 0 Å². The van der Waals surface area contributed by atoms with Crippen LogP contribution < -0.4 is 11.1 Å². The van der Waals surface area contributed by atoms with Crippen LogP contribution in [0.1, 0.15) is 18.5 Å². The van der Waals surface area contributed by atoms with Crippen molar-refractivity contribution in [1.29, 1.82) is 0 Å². The highest BCUT2D eigenvalue weighted by Gasteiger charge is 2.11. The Hall–Kier alpha value is -1.26. The normalized spacial score (nSPS) is 12.2. The number of nitrogen functional groups attached to an aromatic ring is 1. The lowest BCUT2D eigenvalue weighted by molar-refractivity contribution is 0.875. The lowest BCUT2D eigenvalue weighted by atomic mass is 10.1. The molecule has 3 nitrogen and oxygen atoms in total. The van der Waals surface area contributed by atoms with Gasteiger partial charge >= 0.3 is 0 Å². The lowest BCUT2D eigenvalue weighted by Crippen LogP contribution is -2.10. The average Bonchev–Trinajstić information content (AvgIpc) is 2.33. The van der Waals surface area contributed by atoms with Gasteiger partial charge in [0.05, 0.1) is 11.7 Å². The zero-order valence-electron chi connectivity index (χ0n) is 9.82. The second-order valence-electron chi connectivity index (χ2n) is 3.98. The predicted molar refractivity (Wildman–Crippen MR) is 79.8 cm³/mol. The van der Waals surface area contributed by atoms with Crippen molar-refractivity contribution in [2.75, 3.05) is 11.1 Å². The maximum absolute atomic E-state index is 6.15. The Balaban J connectivity index is 2.21. The van der Waals surface area contributed by atoms with Crippen molar-refractivity contribution in [2.24, 2.45) is 0 Å². The number of pyridine rings is 1. The van der Waals surface area contributed by atoms with Gasteiger partial charge in [-0.15, -0.1) is 0 Å². The highest BCUT2D eigenvalue weighted by Crippen LogP contribution is 2.27. The Morgan fingerprint density at radius 1 is 1.39 bits per heavy atom. The van der Waals surface area contributed by atoms with E-state index in [4.69, 9.17) is 17.3 Å². The third kappa shape index (κ3) is 2.94. The van der Waals surface area contributed by atoms with Crippen LogP contribution in [0.15, 0.2) is 41.0 Å². The molecule has 0 radical (unpaired) electrons. The van der Waals surface area contributed by atoms with E-state index in [2.05, 4.69) is 26.2 Å². The van der Waals surface area contributed by atoms with Crippen molar-refractivity contribution in [3.63, 3.8) is 0 Å². The fraction of sp³-hybridized carbons (Fsp3) is 0.154. The second kappa shape index (κ2) is 5.59. The van der Waals surface area contributed by atoms with E-state index in [9.17, 15) is 0 Å². The number of hydrogen-bond donors (Lipinski definition) is 2. The standard InChI is InChI=1S/C13H13BrClN3/c1-8(10-4-2-3-5-11(10)15)18-13-12(16)6-9(14)7-17-13/h2-8H,16H2,1H3,(H,17,18). The summed E-state index contributed by atoms with van der Waals surface area (Å²) in [5, 5.41) is 3.98. The molecule has 0 amide bonds. The molecule has 0 aliphatic rings. The lowest BCUT2D eigenvalue weighted by Gasteiger charge is -2.17. The number of halogens is 2. The van der Waals surface area contributed by atoms with Crippen LogP contribution in [-0.2, 0) is 0 Å². The van der Waals surface area contributed by atoms with Gasteiger partial charge in [0.25, 0.3) is 0 Å². The van der Waals surface area contributed by atoms with Crippen molar-refractivity contribution in [2.45, 2.75) is 13.0 Å². The summed E-state index contributed by atoms with van der Waals surface area (Å²) < 4.78 is 0.857. The van der Waals surface area contributed by atoms with Gasteiger partial charge in [0, 0.05) is 15.7 Å². The summed E-state index contributed by atoms with van der Waals surface area (Å²) in [4.78, 5) is 4.25. The monoisotopic (exact) mass is 325 g/mol. The van der Waals surface area contributed by atoms with Crippen LogP contribution in [0, 0.1) is 0 Å². The van der Waals surface area contributed by atoms with E-state index in [1.54, 1.807) is 6.20 Å². The molecule has 0 spiro atoms. The highest BCUT2D eigenvalue weighted by molar-refractivity contribution is 9.10. The molecule has 1 heterocycles. The maximum Gasteiger partial charge on any atom is 0.149 e. The largest absolute Gasteiger partial charge is 0.396 e. The van der Waals surface area contributed by atoms with Crippen LogP contribution in [-0.4, -0.2) is 4.98 Å². The third-order valence-electron chi connectivity index (χ3n) is 2.61. The summed E-state index contributed by atoms with van der Waals surface area (Å²) in [6.07, 6.45) is 1.71. The molecule has 0 fully saturated rings. The van der Waals surface area contributed by atoms with Gasteiger partial charge in [0.15, 0.2) is 0 Å². The molecule has 0 saturated carbocycles. The summed E-state index contributed by atoms with van der Waals surface area (Å²) in [5.74, 6) is 0.658. The SMILES string of the molecule is CC(Nc1ncc(Br)cc1N)c1ccccc1Cl. The van der Waals surface area contributed by atoms with Crippen molar-refractivity contribution >= 4 is 39.0 Å². The Bertz CT molecular complexity index is 560. The quantitative estimate of drug-likeness (QED) is 0.886. The molecule has 0 saturated heterocycles. The fourth-order valence-electron chi connectivity index (χ4n) is 1.68. The number of nitrogens with two attached hydrogens (primary N) is 1. The zero-order valence-corrected chi connectivity index (χ0v) is 12.2. The highest BCUT2D eigenvalue weighted by atomic mass is 79.9. The minimum absolute atomic E-state index is 0.0367. The first-order valence-electron chi connectivity index (χ1n) is 5.50. The zero-order chi connectivity index (χ0) is 13.1. The number of rotatable bonds is 3. The predicted octanol–water partition coefficient (Wildman–Crippen LogP) is 4.25. The smallest absolute Gasteiger partial charge is 0.149 e. The van der Waals surface area contributed by atoms with Crippen LogP contribution in [0.4, 0.5) is 11.5 Å². The number of nitrogens with one attached hydrogen (secondary N) is 1. The molecule has 94 valence electrons. The summed E-state index contributed by atoms with van der Waals surface area (Å²) in [6.45, 7) is 2.02. The Kier molecular flexibility index (Phi) is 4.09. The molecule has 5 heteroatoms. The minimum Gasteiger partial charge on any atom is -0.396 e. The number of anilines is 2. The van der Waals surface area contributed by atoms with Crippen molar-refractivity contribution in [1.82, 2.24) is 4.98 Å². The first-order chi connectivity index (χ1) is 8.58. The van der Waals surface area contributed by atoms with Crippen molar-refractivity contribution in [3.8, 4) is 0 Å². The number of nitrogens with zero attached hydrogens (tertiary/aromatic N) is 1. The van der Waals surface area contributed by atoms with Gasteiger partial charge in [-0.25, -0.2) is 4.98 Å². The van der Waals surface area contributed by atoms with Crippen LogP contribution in [0.2, 0.25) is 5.02 Å². The molecule has 1 aromatic heterocycles. The number of hydrogen-bond acceptors (Lipinski definition) is 3. The molecule has 18 heavy (non-hydrogen) atoms. The molecule has 0 aliphatic heterocycles. The van der Waals surface area contributed by atoms with E-state index in [-0.39, 0.29) is 6.04 Å². The summed E-state index contributed by atoms with van der Waals surface area (Å²) >= 11 is 9.48. The van der Waals surface area contributed by atoms with Crippen molar-refractivity contribution in [3.05, 3.63) is 51.6 Å². The molecule has 2 aromatic rings. The molecule has 1 unspecified atom stereocenters. The minimum atomic E-state index is 0.0367. The van der Waals surface area contributed by atoms with E-state index in [0.717, 1.165) is 15.1 Å². The van der Waals surface area contributed by atoms with Crippen LogP contribution in [0.25, 0.3) is 0 Å². The van der Waals surface area contributed by atoms with E-state index in [1.165, 1.54) is 0 Å². The topological polar surface area (TPSA) is 50.9 Å². The van der Waals surface area contributed by atoms with Crippen LogP contribution in [0.5, 0.6) is 0 Å². The number of benzene rings is 1. The van der Waals surface area contributed by atoms with Crippen LogP contribution in [0.3, 0.4) is 0 Å². The Labute approximate surface area is 119 Å². The molecule has 1 aromatic carbocycles. The molecule has 2 rings (SSSR count). The first-order valence-corrected chi connectivity index (χ1v) is 6.67. The summed E-state index contributed by atoms with van der Waals surface area (Å²) in [5.41, 5.74) is 7.52. The first kappa shape index (κ1) is 13.2. The summed E-state index contributed by atoms with van der Waals surface area (Å²) in [7, 11) is 0. The van der Waals surface area contributed by atoms with E-state index in [0.29, 0.717) is 11.5 Å².